The van der Waals surface area contributed by atoms with Crippen LogP contribution in [-0.2, 0) is 4.79 Å². The number of nitrogens with one attached hydrogen (secondary N) is 1. The van der Waals surface area contributed by atoms with Gasteiger partial charge in [-0.15, -0.1) is 0 Å². The number of carboxylic acid groups (broad SMARTS) is 1. The molecule has 0 saturated carbocycles. The van der Waals surface area contributed by atoms with Crippen molar-refractivity contribution in [2.45, 2.75) is 13.0 Å². The number of carbonyl (C=O) groups excluding carboxylic acids is 1. The second-order valence-corrected chi connectivity index (χ2v) is 3.25. The van der Waals surface area contributed by atoms with Crippen molar-refractivity contribution in [1.82, 2.24) is 10.3 Å². The molecule has 0 aliphatic heterocycles. The molecule has 0 bridgehead atoms. The number of aryl methyl sites for hydroxylation is 1. The molecule has 6 heteroatoms. The maximum Gasteiger partial charge on any atom is 0.334 e. The number of hydrogen-bond acceptors (Lipinski definition) is 4. The normalized spacial score (nSPS) is 11.9. The lowest BCUT2D eigenvalue weighted by Gasteiger charge is -2.07. The molecule has 0 radical (unpaired) electrons. The Kier molecular flexibility index (Phi) is 3.96. The monoisotopic (exact) mass is 224 g/mol. The molecule has 1 unspecified atom stereocenters. The number of aliphatic hydroxyl groups excluding tert-OH is 1. The van der Waals surface area contributed by atoms with Gasteiger partial charge < -0.3 is 15.5 Å². The number of rotatable bonds is 4. The molecular formula is C10H12N2O4. The fourth-order valence-corrected chi connectivity index (χ4v) is 0.981. The van der Waals surface area contributed by atoms with Gasteiger partial charge in [-0.3, -0.25) is 9.78 Å². The molecule has 1 atom stereocenters. The van der Waals surface area contributed by atoms with E-state index >= 15 is 0 Å². The number of hydrogen-bond donors (Lipinski definition) is 3. The number of aliphatic carboxylic acids is 1. The van der Waals surface area contributed by atoms with E-state index in [-0.39, 0.29) is 6.54 Å². The number of carboxylic acids is 1. The number of amides is 1. The molecule has 0 saturated heterocycles. The van der Waals surface area contributed by atoms with Crippen LogP contribution in [-0.4, -0.2) is 39.7 Å². The molecule has 1 aromatic heterocycles. The Hall–Kier alpha value is -1.95. The average Bonchev–Trinajstić information content (AvgIpc) is 2.26. The van der Waals surface area contributed by atoms with Crippen LogP contribution >= 0.6 is 0 Å². The van der Waals surface area contributed by atoms with Gasteiger partial charge in [0.15, 0.2) is 6.10 Å². The van der Waals surface area contributed by atoms with Crippen molar-refractivity contribution in [3.8, 4) is 0 Å². The number of aliphatic hydroxyl groups is 1. The lowest BCUT2D eigenvalue weighted by atomic mass is 10.2. The van der Waals surface area contributed by atoms with Crippen LogP contribution in [0.25, 0.3) is 0 Å². The number of carbonyl (C=O) groups is 2. The van der Waals surface area contributed by atoms with Crippen molar-refractivity contribution in [3.63, 3.8) is 0 Å². The van der Waals surface area contributed by atoms with E-state index in [9.17, 15) is 9.59 Å². The summed E-state index contributed by atoms with van der Waals surface area (Å²) in [4.78, 5) is 25.6. The van der Waals surface area contributed by atoms with Crippen LogP contribution in [0.15, 0.2) is 18.3 Å². The van der Waals surface area contributed by atoms with Gasteiger partial charge >= 0.3 is 5.97 Å². The second-order valence-electron chi connectivity index (χ2n) is 3.25. The molecule has 16 heavy (non-hydrogen) atoms. The lowest BCUT2D eigenvalue weighted by Crippen LogP contribution is -2.36. The van der Waals surface area contributed by atoms with Crippen molar-refractivity contribution in [1.29, 1.82) is 0 Å². The standard InChI is InChI=1S/C10H12N2O4/c1-6-2-3-7(4-11-6)9(14)12-5-8(13)10(15)16/h2-4,8,13H,5H2,1H3,(H,12,14)(H,15,16). The third-order valence-electron chi connectivity index (χ3n) is 1.91. The third kappa shape index (κ3) is 3.32. The first-order valence-corrected chi connectivity index (χ1v) is 4.62. The highest BCUT2D eigenvalue weighted by atomic mass is 16.4. The van der Waals surface area contributed by atoms with E-state index in [1.165, 1.54) is 6.20 Å². The topological polar surface area (TPSA) is 99.5 Å². The maximum atomic E-state index is 11.4. The summed E-state index contributed by atoms with van der Waals surface area (Å²) in [5.41, 5.74) is 1.10. The van der Waals surface area contributed by atoms with Crippen LogP contribution in [0.4, 0.5) is 0 Å². The zero-order valence-corrected chi connectivity index (χ0v) is 8.67. The summed E-state index contributed by atoms with van der Waals surface area (Å²) in [5, 5.41) is 19.6. The van der Waals surface area contributed by atoms with Crippen LogP contribution in [0.2, 0.25) is 0 Å². The highest BCUT2D eigenvalue weighted by molar-refractivity contribution is 5.94. The first kappa shape index (κ1) is 12.1. The minimum atomic E-state index is -1.60. The van der Waals surface area contributed by atoms with E-state index in [0.29, 0.717) is 5.56 Å². The summed E-state index contributed by atoms with van der Waals surface area (Å²) in [6, 6.07) is 3.24. The lowest BCUT2D eigenvalue weighted by molar-refractivity contribution is -0.146. The second kappa shape index (κ2) is 5.22. The quantitative estimate of drug-likeness (QED) is 0.644. The number of aromatic nitrogens is 1. The van der Waals surface area contributed by atoms with E-state index in [0.717, 1.165) is 5.69 Å². The van der Waals surface area contributed by atoms with Gasteiger partial charge in [0.2, 0.25) is 0 Å². The van der Waals surface area contributed by atoms with Gasteiger partial charge in [0, 0.05) is 11.9 Å². The van der Waals surface area contributed by atoms with Gasteiger partial charge in [0.25, 0.3) is 5.91 Å². The molecule has 6 nitrogen and oxygen atoms in total. The van der Waals surface area contributed by atoms with Crippen LogP contribution < -0.4 is 5.32 Å². The Balaban J connectivity index is 2.53. The Labute approximate surface area is 91.9 Å². The fourth-order valence-electron chi connectivity index (χ4n) is 0.981. The summed E-state index contributed by atoms with van der Waals surface area (Å²) < 4.78 is 0. The summed E-state index contributed by atoms with van der Waals surface area (Å²) >= 11 is 0. The minimum absolute atomic E-state index is 0.322. The van der Waals surface area contributed by atoms with Crippen molar-refractivity contribution < 1.29 is 19.8 Å². The summed E-state index contributed by atoms with van der Waals surface area (Å²) in [6.45, 7) is 1.46. The van der Waals surface area contributed by atoms with Crippen molar-refractivity contribution >= 4 is 11.9 Å². The zero-order chi connectivity index (χ0) is 12.1. The van der Waals surface area contributed by atoms with Crippen molar-refractivity contribution in [2.24, 2.45) is 0 Å². The van der Waals surface area contributed by atoms with E-state index < -0.39 is 18.0 Å². The fraction of sp³-hybridized carbons (Fsp3) is 0.300. The van der Waals surface area contributed by atoms with Gasteiger partial charge in [0.05, 0.1) is 12.1 Å². The summed E-state index contributed by atoms with van der Waals surface area (Å²) in [5.74, 6) is -1.84. The van der Waals surface area contributed by atoms with Crippen molar-refractivity contribution in [2.75, 3.05) is 6.54 Å². The molecule has 0 spiro atoms. The van der Waals surface area contributed by atoms with Crippen LogP contribution in [0.1, 0.15) is 16.1 Å². The SMILES string of the molecule is Cc1ccc(C(=O)NCC(O)C(=O)O)cn1. The number of nitrogens with zero attached hydrogens (tertiary/aromatic N) is 1. The maximum absolute atomic E-state index is 11.4. The molecule has 86 valence electrons. The zero-order valence-electron chi connectivity index (χ0n) is 8.67. The third-order valence-corrected chi connectivity index (χ3v) is 1.91. The molecule has 0 aromatic carbocycles. The average molecular weight is 224 g/mol. The molecule has 0 aliphatic carbocycles. The molecule has 1 amide bonds. The summed E-state index contributed by atoms with van der Waals surface area (Å²) in [7, 11) is 0. The van der Waals surface area contributed by atoms with Gasteiger partial charge in [0.1, 0.15) is 0 Å². The Morgan fingerprint density at radius 1 is 1.50 bits per heavy atom. The van der Waals surface area contributed by atoms with E-state index in [1.807, 2.05) is 0 Å². The minimum Gasteiger partial charge on any atom is -0.479 e. The first-order valence-electron chi connectivity index (χ1n) is 4.62. The van der Waals surface area contributed by atoms with E-state index in [2.05, 4.69) is 10.3 Å². The molecule has 1 rings (SSSR count). The first-order chi connectivity index (χ1) is 7.50. The molecule has 1 aromatic rings. The van der Waals surface area contributed by atoms with Gasteiger partial charge in [-0.1, -0.05) is 0 Å². The van der Waals surface area contributed by atoms with Gasteiger partial charge in [-0.05, 0) is 19.1 Å². The van der Waals surface area contributed by atoms with Crippen molar-refractivity contribution in [3.05, 3.63) is 29.6 Å². The highest BCUT2D eigenvalue weighted by Crippen LogP contribution is 1.98. The predicted octanol–water partition coefficient (Wildman–Crippen LogP) is -0.435. The molecule has 3 N–H and O–H groups in total. The molecular weight excluding hydrogens is 212 g/mol. The smallest absolute Gasteiger partial charge is 0.334 e. The Morgan fingerprint density at radius 2 is 2.19 bits per heavy atom. The Morgan fingerprint density at radius 3 is 2.69 bits per heavy atom. The van der Waals surface area contributed by atoms with E-state index in [1.54, 1.807) is 19.1 Å². The van der Waals surface area contributed by atoms with Gasteiger partial charge in [-0.25, -0.2) is 4.79 Å². The van der Waals surface area contributed by atoms with Crippen LogP contribution in [0.5, 0.6) is 0 Å². The molecule has 1 heterocycles. The van der Waals surface area contributed by atoms with Crippen LogP contribution in [0, 0.1) is 6.92 Å². The molecule has 0 fully saturated rings. The largest absolute Gasteiger partial charge is 0.479 e. The van der Waals surface area contributed by atoms with Crippen LogP contribution in [0.3, 0.4) is 0 Å². The molecule has 0 aliphatic rings. The number of pyridine rings is 1. The highest BCUT2D eigenvalue weighted by Gasteiger charge is 2.14. The predicted molar refractivity (Wildman–Crippen MR) is 54.9 cm³/mol. The van der Waals surface area contributed by atoms with E-state index in [4.69, 9.17) is 10.2 Å². The Bertz CT molecular complexity index is 388. The van der Waals surface area contributed by atoms with Gasteiger partial charge in [-0.2, -0.15) is 0 Å². The summed E-state index contributed by atoms with van der Waals surface area (Å²) in [6.07, 6.45) is -0.208.